The minimum atomic E-state index is -0.0566. The molecule has 3 N–H and O–H groups in total. The molecular weight excluding hydrogens is 318 g/mol. The zero-order chi connectivity index (χ0) is 17.4. The fourth-order valence-electron chi connectivity index (χ4n) is 3.88. The third-order valence-electron chi connectivity index (χ3n) is 4.98. The van der Waals surface area contributed by atoms with Crippen molar-refractivity contribution in [3.63, 3.8) is 0 Å². The molecule has 1 amide bonds. The summed E-state index contributed by atoms with van der Waals surface area (Å²) < 4.78 is 5.78. The van der Waals surface area contributed by atoms with Crippen LogP contribution in [0.25, 0.3) is 11.1 Å². The molecule has 1 aromatic carbocycles. The number of likely N-dealkylation sites (N-methyl/N-ethyl adjacent to an activating group) is 1. The second kappa shape index (κ2) is 6.50. The van der Waals surface area contributed by atoms with Gasteiger partial charge in [0, 0.05) is 25.6 Å². The van der Waals surface area contributed by atoms with Gasteiger partial charge in [-0.15, -0.1) is 0 Å². The molecule has 0 aliphatic carbocycles. The number of benzene rings is 1. The molecule has 0 radical (unpaired) electrons. The standard InChI is InChI=1S/C18H23N5O2/c1-22-7-12-8-23(14(9-22)11-25-10-12)18(24)16-15(17(19)21-20-16)13-5-3-2-4-6-13/h2-6,12,14H,7-11H2,1H3,(H3,19,20,21)/t12-,14-/m0/s1. The quantitative estimate of drug-likeness (QED) is 0.853. The number of aromatic nitrogens is 2. The van der Waals surface area contributed by atoms with E-state index in [1.807, 2.05) is 35.2 Å². The number of anilines is 1. The number of hydrogen-bond acceptors (Lipinski definition) is 5. The van der Waals surface area contributed by atoms with Gasteiger partial charge in [0.1, 0.15) is 5.69 Å². The highest BCUT2D eigenvalue weighted by Gasteiger charge is 2.36. The monoisotopic (exact) mass is 341 g/mol. The Morgan fingerprint density at radius 1 is 1.24 bits per heavy atom. The second-order valence-electron chi connectivity index (χ2n) is 6.96. The topological polar surface area (TPSA) is 87.5 Å². The van der Waals surface area contributed by atoms with Crippen LogP contribution in [0.4, 0.5) is 5.82 Å². The van der Waals surface area contributed by atoms with Crippen LogP contribution in [0.1, 0.15) is 10.5 Å². The molecule has 0 unspecified atom stereocenters. The van der Waals surface area contributed by atoms with Crippen LogP contribution in [-0.4, -0.2) is 71.8 Å². The molecule has 2 saturated heterocycles. The summed E-state index contributed by atoms with van der Waals surface area (Å²) in [5, 5.41) is 6.96. The van der Waals surface area contributed by atoms with Gasteiger partial charge in [-0.3, -0.25) is 9.89 Å². The first-order valence-electron chi connectivity index (χ1n) is 8.60. The van der Waals surface area contributed by atoms with Gasteiger partial charge in [0.05, 0.1) is 24.8 Å². The number of rotatable bonds is 2. The molecule has 2 atom stereocenters. The highest BCUT2D eigenvalue weighted by Crippen LogP contribution is 2.30. The van der Waals surface area contributed by atoms with Crippen LogP contribution >= 0.6 is 0 Å². The summed E-state index contributed by atoms with van der Waals surface area (Å²) in [7, 11) is 2.10. The Morgan fingerprint density at radius 3 is 2.84 bits per heavy atom. The molecule has 3 heterocycles. The summed E-state index contributed by atoms with van der Waals surface area (Å²) in [6.45, 7) is 3.71. The number of nitrogen functional groups attached to an aromatic ring is 1. The average molecular weight is 341 g/mol. The van der Waals surface area contributed by atoms with E-state index in [9.17, 15) is 4.79 Å². The highest BCUT2D eigenvalue weighted by atomic mass is 16.5. The Balaban J connectivity index is 1.70. The largest absolute Gasteiger partial charge is 0.382 e. The van der Waals surface area contributed by atoms with Crippen molar-refractivity contribution < 1.29 is 9.53 Å². The van der Waals surface area contributed by atoms with Crippen LogP contribution in [0, 0.1) is 5.92 Å². The van der Waals surface area contributed by atoms with Crippen molar-refractivity contribution in [3.05, 3.63) is 36.0 Å². The number of nitrogens with two attached hydrogens (primary N) is 1. The van der Waals surface area contributed by atoms with Gasteiger partial charge in [0.2, 0.25) is 0 Å². The Bertz CT molecular complexity index is 760. The first-order chi connectivity index (χ1) is 12.1. The van der Waals surface area contributed by atoms with Crippen molar-refractivity contribution in [3.8, 4) is 11.1 Å². The smallest absolute Gasteiger partial charge is 0.272 e. The number of nitrogens with one attached hydrogen (secondary N) is 1. The number of aromatic amines is 1. The predicted octanol–water partition coefficient (Wildman–Crippen LogP) is 1.06. The molecule has 2 bridgehead atoms. The van der Waals surface area contributed by atoms with E-state index in [2.05, 4.69) is 22.1 Å². The van der Waals surface area contributed by atoms with Crippen molar-refractivity contribution >= 4 is 11.7 Å². The molecule has 2 aromatic rings. The van der Waals surface area contributed by atoms with Gasteiger partial charge in [-0.25, -0.2) is 0 Å². The predicted molar refractivity (Wildman–Crippen MR) is 95.1 cm³/mol. The summed E-state index contributed by atoms with van der Waals surface area (Å²) in [5.41, 5.74) is 8.08. The highest BCUT2D eigenvalue weighted by molar-refractivity contribution is 6.01. The van der Waals surface area contributed by atoms with E-state index in [1.54, 1.807) is 0 Å². The molecule has 25 heavy (non-hydrogen) atoms. The summed E-state index contributed by atoms with van der Waals surface area (Å²) >= 11 is 0. The van der Waals surface area contributed by atoms with E-state index >= 15 is 0 Å². The van der Waals surface area contributed by atoms with E-state index in [0.29, 0.717) is 42.8 Å². The third kappa shape index (κ3) is 3.01. The van der Waals surface area contributed by atoms with Crippen molar-refractivity contribution in [1.82, 2.24) is 20.0 Å². The number of ether oxygens (including phenoxy) is 1. The zero-order valence-corrected chi connectivity index (χ0v) is 14.3. The van der Waals surface area contributed by atoms with Crippen LogP contribution in [0.15, 0.2) is 30.3 Å². The molecule has 4 rings (SSSR count). The summed E-state index contributed by atoms with van der Waals surface area (Å²) in [4.78, 5) is 17.5. The Hall–Kier alpha value is -2.38. The van der Waals surface area contributed by atoms with Crippen LogP contribution in [0.5, 0.6) is 0 Å². The van der Waals surface area contributed by atoms with Gasteiger partial charge in [0.25, 0.3) is 5.91 Å². The molecule has 1 aromatic heterocycles. The Kier molecular flexibility index (Phi) is 4.19. The number of H-pyrrole nitrogens is 1. The maximum Gasteiger partial charge on any atom is 0.272 e. The lowest BCUT2D eigenvalue weighted by molar-refractivity contribution is 0.0480. The van der Waals surface area contributed by atoms with Crippen molar-refractivity contribution in [2.75, 3.05) is 45.6 Å². The third-order valence-corrected chi connectivity index (χ3v) is 4.98. The summed E-state index contributed by atoms with van der Waals surface area (Å²) in [5.74, 6) is 0.612. The van der Waals surface area contributed by atoms with E-state index in [0.717, 1.165) is 18.7 Å². The van der Waals surface area contributed by atoms with Gasteiger partial charge in [-0.2, -0.15) is 5.10 Å². The first-order valence-corrected chi connectivity index (χ1v) is 8.60. The Labute approximate surface area is 146 Å². The molecule has 2 aliphatic heterocycles. The maximum atomic E-state index is 13.3. The van der Waals surface area contributed by atoms with E-state index in [4.69, 9.17) is 10.5 Å². The first kappa shape index (κ1) is 16.1. The maximum absolute atomic E-state index is 13.3. The molecule has 2 aliphatic rings. The Morgan fingerprint density at radius 2 is 2.04 bits per heavy atom. The van der Waals surface area contributed by atoms with E-state index in [1.165, 1.54) is 0 Å². The van der Waals surface area contributed by atoms with Crippen molar-refractivity contribution in [2.24, 2.45) is 5.92 Å². The van der Waals surface area contributed by atoms with Gasteiger partial charge in [-0.1, -0.05) is 30.3 Å². The van der Waals surface area contributed by atoms with Crippen LogP contribution < -0.4 is 5.73 Å². The van der Waals surface area contributed by atoms with Gasteiger partial charge < -0.3 is 20.3 Å². The number of amides is 1. The molecule has 7 heteroatoms. The molecular formula is C18H23N5O2. The van der Waals surface area contributed by atoms with E-state index in [-0.39, 0.29) is 11.9 Å². The number of fused-ring (bicyclic) bond motifs is 3. The minimum Gasteiger partial charge on any atom is -0.382 e. The minimum absolute atomic E-state index is 0.0400. The van der Waals surface area contributed by atoms with Gasteiger partial charge in [-0.05, 0) is 12.6 Å². The average Bonchev–Trinajstić information content (AvgIpc) is 2.77. The lowest BCUT2D eigenvalue weighted by atomic mass is 10.0. The zero-order valence-electron chi connectivity index (χ0n) is 14.3. The number of hydrogen-bond donors (Lipinski definition) is 2. The molecule has 2 fully saturated rings. The van der Waals surface area contributed by atoms with Crippen molar-refractivity contribution in [1.29, 1.82) is 0 Å². The number of nitrogens with zero attached hydrogens (tertiary/aromatic N) is 3. The summed E-state index contributed by atoms with van der Waals surface area (Å²) in [6, 6.07) is 9.71. The van der Waals surface area contributed by atoms with Crippen molar-refractivity contribution in [2.45, 2.75) is 6.04 Å². The summed E-state index contributed by atoms with van der Waals surface area (Å²) in [6.07, 6.45) is 0. The van der Waals surface area contributed by atoms with Gasteiger partial charge >= 0.3 is 0 Å². The number of carbonyl (C=O) groups is 1. The lowest BCUT2D eigenvalue weighted by Gasteiger charge is -2.29. The van der Waals surface area contributed by atoms with E-state index < -0.39 is 0 Å². The fourth-order valence-corrected chi connectivity index (χ4v) is 3.88. The molecule has 0 spiro atoms. The van der Waals surface area contributed by atoms with Crippen LogP contribution in [-0.2, 0) is 4.74 Å². The fraction of sp³-hybridized carbons (Fsp3) is 0.444. The SMILES string of the molecule is CN1C[C@@H]2COC[C@H](C1)N(C(=O)c1[nH]nc(N)c1-c1ccccc1)C2. The lowest BCUT2D eigenvalue weighted by Crippen LogP contribution is -2.46. The molecule has 0 saturated carbocycles. The normalized spacial score (nSPS) is 24.1. The van der Waals surface area contributed by atoms with Crippen LogP contribution in [0.2, 0.25) is 0 Å². The number of carbonyl (C=O) groups excluding carboxylic acids is 1. The van der Waals surface area contributed by atoms with Gasteiger partial charge in [0.15, 0.2) is 5.82 Å². The molecule has 132 valence electrons. The van der Waals surface area contributed by atoms with Crippen LogP contribution in [0.3, 0.4) is 0 Å². The second-order valence-corrected chi connectivity index (χ2v) is 6.96. The molecule has 7 nitrogen and oxygen atoms in total.